The first-order valence-electron chi connectivity index (χ1n) is 6.91. The molecule has 0 radical (unpaired) electrons. The molecule has 3 aromatic rings. The van der Waals surface area contributed by atoms with E-state index in [9.17, 15) is 14.9 Å². The lowest BCUT2D eigenvalue weighted by Gasteiger charge is -2.05. The molecule has 0 unspecified atom stereocenters. The molecule has 0 atom stereocenters. The summed E-state index contributed by atoms with van der Waals surface area (Å²) in [5, 5.41) is 12.2. The fourth-order valence-corrected chi connectivity index (χ4v) is 3.05. The Morgan fingerprint density at radius 2 is 1.96 bits per heavy atom. The van der Waals surface area contributed by atoms with Crippen molar-refractivity contribution < 1.29 is 9.72 Å². The Labute approximate surface area is 146 Å². The normalized spacial score (nSPS) is 11.0. The zero-order valence-corrected chi connectivity index (χ0v) is 13.7. The number of nitrogens with two attached hydrogens (primary N) is 1. The molecule has 0 saturated carbocycles. The van der Waals surface area contributed by atoms with Crippen molar-refractivity contribution in [2.45, 2.75) is 6.54 Å². The van der Waals surface area contributed by atoms with Crippen molar-refractivity contribution in [3.05, 3.63) is 73.9 Å². The smallest absolute Gasteiger partial charge is 0.288 e. The van der Waals surface area contributed by atoms with Gasteiger partial charge in [0.1, 0.15) is 5.02 Å². The lowest BCUT2D eigenvalue weighted by atomic mass is 10.1. The molecule has 1 aromatic heterocycles. The van der Waals surface area contributed by atoms with E-state index in [1.807, 2.05) is 0 Å². The Morgan fingerprint density at radius 1 is 1.21 bits per heavy atom. The van der Waals surface area contributed by atoms with Crippen molar-refractivity contribution in [1.82, 2.24) is 4.57 Å². The standard InChI is InChI=1S/C16H11Cl2N3O3/c17-11-5-4-9(6-14(11)21(23)24)16(22)20-8-10(7-19)15-12(18)2-1-3-13(15)20/h1-6,8H,7,19H2. The number of nitro benzene ring substituents is 1. The van der Waals surface area contributed by atoms with E-state index < -0.39 is 10.8 Å². The number of carbonyl (C=O) groups excluding carboxylic acids is 1. The summed E-state index contributed by atoms with van der Waals surface area (Å²) >= 11 is 12.0. The van der Waals surface area contributed by atoms with E-state index in [0.29, 0.717) is 21.5 Å². The van der Waals surface area contributed by atoms with Crippen molar-refractivity contribution in [3.63, 3.8) is 0 Å². The van der Waals surface area contributed by atoms with Gasteiger partial charge in [-0.1, -0.05) is 29.3 Å². The van der Waals surface area contributed by atoms with Gasteiger partial charge in [-0.15, -0.1) is 0 Å². The maximum absolute atomic E-state index is 12.8. The lowest BCUT2D eigenvalue weighted by molar-refractivity contribution is -0.384. The summed E-state index contributed by atoms with van der Waals surface area (Å²) in [5.41, 5.74) is 6.86. The van der Waals surface area contributed by atoms with Gasteiger partial charge in [0, 0.05) is 29.8 Å². The molecule has 0 aliphatic carbocycles. The van der Waals surface area contributed by atoms with Crippen molar-refractivity contribution in [1.29, 1.82) is 0 Å². The minimum absolute atomic E-state index is 0.0281. The van der Waals surface area contributed by atoms with Crippen molar-refractivity contribution >= 4 is 45.7 Å². The topological polar surface area (TPSA) is 91.2 Å². The summed E-state index contributed by atoms with van der Waals surface area (Å²) in [4.78, 5) is 23.2. The molecule has 122 valence electrons. The second kappa shape index (κ2) is 6.24. The Kier molecular flexibility index (Phi) is 4.28. The van der Waals surface area contributed by atoms with Crippen LogP contribution in [0.3, 0.4) is 0 Å². The highest BCUT2D eigenvalue weighted by Crippen LogP contribution is 2.30. The number of benzene rings is 2. The molecular weight excluding hydrogens is 353 g/mol. The summed E-state index contributed by atoms with van der Waals surface area (Å²) in [7, 11) is 0. The number of nitrogens with zero attached hydrogens (tertiary/aromatic N) is 2. The van der Waals surface area contributed by atoms with Gasteiger partial charge in [-0.3, -0.25) is 19.5 Å². The average molecular weight is 364 g/mol. The quantitative estimate of drug-likeness (QED) is 0.562. The molecular formula is C16H11Cl2N3O3. The van der Waals surface area contributed by atoms with E-state index in [0.717, 1.165) is 6.07 Å². The largest absolute Gasteiger partial charge is 0.326 e. The maximum Gasteiger partial charge on any atom is 0.288 e. The summed E-state index contributed by atoms with van der Waals surface area (Å²) < 4.78 is 1.39. The van der Waals surface area contributed by atoms with Gasteiger partial charge in [-0.2, -0.15) is 0 Å². The number of hydrogen-bond acceptors (Lipinski definition) is 4. The predicted molar refractivity (Wildman–Crippen MR) is 92.7 cm³/mol. The van der Waals surface area contributed by atoms with E-state index >= 15 is 0 Å². The van der Waals surface area contributed by atoms with Gasteiger partial charge in [0.05, 0.1) is 15.5 Å². The van der Waals surface area contributed by atoms with Gasteiger partial charge in [-0.25, -0.2) is 0 Å². The van der Waals surface area contributed by atoms with Gasteiger partial charge in [0.2, 0.25) is 0 Å². The van der Waals surface area contributed by atoms with Crippen molar-refractivity contribution in [2.24, 2.45) is 5.73 Å². The van der Waals surface area contributed by atoms with E-state index in [4.69, 9.17) is 28.9 Å². The molecule has 1 heterocycles. The third kappa shape index (κ3) is 2.65. The summed E-state index contributed by atoms with van der Waals surface area (Å²) in [6, 6.07) is 9.10. The van der Waals surface area contributed by atoms with Gasteiger partial charge in [-0.05, 0) is 29.8 Å². The van der Waals surface area contributed by atoms with E-state index in [1.165, 1.54) is 16.7 Å². The monoisotopic (exact) mass is 363 g/mol. The molecule has 2 N–H and O–H groups in total. The second-order valence-corrected chi connectivity index (χ2v) is 5.91. The highest BCUT2D eigenvalue weighted by atomic mass is 35.5. The molecule has 0 amide bonds. The Morgan fingerprint density at radius 3 is 2.62 bits per heavy atom. The highest BCUT2D eigenvalue weighted by Gasteiger charge is 2.20. The van der Waals surface area contributed by atoms with Crippen molar-refractivity contribution in [2.75, 3.05) is 0 Å². The highest BCUT2D eigenvalue weighted by molar-refractivity contribution is 6.36. The van der Waals surface area contributed by atoms with Crippen LogP contribution in [-0.4, -0.2) is 15.4 Å². The molecule has 24 heavy (non-hydrogen) atoms. The van der Waals surface area contributed by atoms with Crippen LogP contribution in [0, 0.1) is 10.1 Å². The molecule has 3 rings (SSSR count). The van der Waals surface area contributed by atoms with E-state index in [-0.39, 0.29) is 22.8 Å². The number of aromatic nitrogens is 1. The fourth-order valence-electron chi connectivity index (χ4n) is 2.57. The number of halogens is 2. The van der Waals surface area contributed by atoms with Crippen LogP contribution >= 0.6 is 23.2 Å². The first-order chi connectivity index (χ1) is 11.4. The zero-order chi connectivity index (χ0) is 17.4. The van der Waals surface area contributed by atoms with Gasteiger partial charge < -0.3 is 5.73 Å². The third-order valence-electron chi connectivity index (χ3n) is 3.69. The third-order valence-corrected chi connectivity index (χ3v) is 4.32. The minimum Gasteiger partial charge on any atom is -0.326 e. The number of fused-ring (bicyclic) bond motifs is 1. The SMILES string of the molecule is NCc1cn(C(=O)c2ccc(Cl)c([N+](=O)[O-])c2)c2cccc(Cl)c12. The summed E-state index contributed by atoms with van der Waals surface area (Å²) in [6.45, 7) is 0.210. The van der Waals surface area contributed by atoms with Crippen LogP contribution in [0.15, 0.2) is 42.6 Å². The fraction of sp³-hybridized carbons (Fsp3) is 0.0625. The Hall–Kier alpha value is -2.41. The van der Waals surface area contributed by atoms with Gasteiger partial charge in [0.25, 0.3) is 11.6 Å². The Bertz CT molecular complexity index is 982. The number of nitro groups is 1. The van der Waals surface area contributed by atoms with Gasteiger partial charge >= 0.3 is 0 Å². The van der Waals surface area contributed by atoms with Crippen LogP contribution in [0.25, 0.3) is 10.9 Å². The molecule has 8 heteroatoms. The molecule has 0 bridgehead atoms. The van der Waals surface area contributed by atoms with E-state index in [1.54, 1.807) is 24.4 Å². The van der Waals surface area contributed by atoms with Crippen LogP contribution in [0.5, 0.6) is 0 Å². The summed E-state index contributed by atoms with van der Waals surface area (Å²) in [6.07, 6.45) is 1.60. The first kappa shape index (κ1) is 16.4. The van der Waals surface area contributed by atoms with Crippen LogP contribution < -0.4 is 5.73 Å². The molecule has 2 aromatic carbocycles. The lowest BCUT2D eigenvalue weighted by Crippen LogP contribution is -2.11. The average Bonchev–Trinajstić information content (AvgIpc) is 2.94. The Balaban J connectivity index is 2.18. The molecule has 0 aliphatic rings. The van der Waals surface area contributed by atoms with Gasteiger partial charge in [0.15, 0.2) is 0 Å². The maximum atomic E-state index is 12.8. The molecule has 6 nitrogen and oxygen atoms in total. The second-order valence-electron chi connectivity index (χ2n) is 5.09. The predicted octanol–water partition coefficient (Wildman–Crippen LogP) is 4.00. The molecule has 0 saturated heterocycles. The number of rotatable bonds is 3. The first-order valence-corrected chi connectivity index (χ1v) is 7.66. The molecule has 0 spiro atoms. The molecule has 0 aliphatic heterocycles. The van der Waals surface area contributed by atoms with E-state index in [2.05, 4.69) is 0 Å². The summed E-state index contributed by atoms with van der Waals surface area (Å²) in [5.74, 6) is -0.429. The number of carbonyl (C=O) groups is 1. The van der Waals surface area contributed by atoms with Crippen LogP contribution in [-0.2, 0) is 6.54 Å². The van der Waals surface area contributed by atoms with Crippen LogP contribution in [0.1, 0.15) is 15.9 Å². The minimum atomic E-state index is -0.630. The van der Waals surface area contributed by atoms with Crippen molar-refractivity contribution in [3.8, 4) is 0 Å². The van der Waals surface area contributed by atoms with Crippen LogP contribution in [0.4, 0.5) is 5.69 Å². The molecule has 0 fully saturated rings. The number of hydrogen-bond donors (Lipinski definition) is 1. The zero-order valence-electron chi connectivity index (χ0n) is 12.2. The van der Waals surface area contributed by atoms with Crippen LogP contribution in [0.2, 0.25) is 10.0 Å².